The van der Waals surface area contributed by atoms with Gasteiger partial charge in [0.1, 0.15) is 5.82 Å². The molecule has 0 aliphatic heterocycles. The molecule has 0 aliphatic carbocycles. The second-order valence-corrected chi connectivity index (χ2v) is 6.44. The van der Waals surface area contributed by atoms with Crippen LogP contribution in [0.25, 0.3) is 0 Å². The Morgan fingerprint density at radius 3 is 2.45 bits per heavy atom. The van der Waals surface area contributed by atoms with E-state index in [1.807, 2.05) is 19.9 Å². The molecule has 0 saturated carbocycles. The minimum atomic E-state index is -3.74. The molecular weight excluding hydrogens is 276 g/mol. The molecule has 0 saturated heterocycles. The fourth-order valence-corrected chi connectivity index (χ4v) is 3.01. The zero-order valence-corrected chi connectivity index (χ0v) is 12.7. The fourth-order valence-electron chi connectivity index (χ4n) is 1.81. The molecule has 108 valence electrons. The first-order valence-corrected chi connectivity index (χ1v) is 7.59. The molecule has 0 atom stereocenters. The van der Waals surface area contributed by atoms with E-state index >= 15 is 0 Å². The number of sulfonamides is 1. The van der Waals surface area contributed by atoms with E-state index in [9.17, 15) is 8.42 Å². The van der Waals surface area contributed by atoms with Crippen molar-refractivity contribution in [3.8, 4) is 0 Å². The van der Waals surface area contributed by atoms with Gasteiger partial charge in [0.25, 0.3) is 10.0 Å². The highest BCUT2D eigenvalue weighted by atomic mass is 32.2. The molecule has 3 N–H and O–H groups in total. The number of nitrogens with zero attached hydrogens (tertiary/aromatic N) is 2. The van der Waals surface area contributed by atoms with Crippen LogP contribution < -0.4 is 10.5 Å². The number of nitrogen functional groups attached to an aromatic ring is 1. The summed E-state index contributed by atoms with van der Waals surface area (Å²) in [6, 6.07) is 3.54. The smallest absolute Gasteiger partial charge is 0.281 e. The van der Waals surface area contributed by atoms with Gasteiger partial charge in [-0.15, -0.1) is 0 Å². The summed E-state index contributed by atoms with van der Waals surface area (Å²) in [7, 11) is -2.00. The standard InChI is InChI=1S/C13H18N4O2S/c1-8-5-6-11(14)13(9(8)2)16-20(18,19)12-7-17(4)10(3)15-12/h5-7,16H,14H2,1-4H3. The van der Waals surface area contributed by atoms with Crippen LogP contribution in [0.2, 0.25) is 0 Å². The average molecular weight is 294 g/mol. The summed E-state index contributed by atoms with van der Waals surface area (Å²) in [5.74, 6) is 0.624. The van der Waals surface area contributed by atoms with Gasteiger partial charge in [-0.1, -0.05) is 6.07 Å². The molecule has 2 aromatic rings. The molecule has 0 bridgehead atoms. The summed E-state index contributed by atoms with van der Waals surface area (Å²) < 4.78 is 28.9. The Bertz CT molecular complexity index is 743. The van der Waals surface area contributed by atoms with Crippen LogP contribution in [-0.2, 0) is 17.1 Å². The van der Waals surface area contributed by atoms with Crippen molar-refractivity contribution in [1.82, 2.24) is 9.55 Å². The van der Waals surface area contributed by atoms with Crippen LogP contribution in [0.15, 0.2) is 23.4 Å². The maximum atomic E-state index is 12.3. The molecule has 0 amide bonds. The van der Waals surface area contributed by atoms with Crippen molar-refractivity contribution in [2.75, 3.05) is 10.5 Å². The molecular formula is C13H18N4O2S. The van der Waals surface area contributed by atoms with Crippen molar-refractivity contribution in [2.24, 2.45) is 7.05 Å². The van der Waals surface area contributed by atoms with Gasteiger partial charge in [-0.25, -0.2) is 4.98 Å². The molecule has 0 unspecified atom stereocenters. The van der Waals surface area contributed by atoms with E-state index in [0.29, 0.717) is 17.2 Å². The molecule has 1 aromatic carbocycles. The topological polar surface area (TPSA) is 90.0 Å². The van der Waals surface area contributed by atoms with Gasteiger partial charge in [0, 0.05) is 13.2 Å². The highest BCUT2D eigenvalue weighted by Gasteiger charge is 2.21. The first-order valence-electron chi connectivity index (χ1n) is 6.11. The molecule has 0 radical (unpaired) electrons. The summed E-state index contributed by atoms with van der Waals surface area (Å²) in [5.41, 5.74) is 8.43. The highest BCUT2D eigenvalue weighted by molar-refractivity contribution is 7.92. The molecule has 0 fully saturated rings. The van der Waals surface area contributed by atoms with Gasteiger partial charge in [0.15, 0.2) is 5.03 Å². The summed E-state index contributed by atoms with van der Waals surface area (Å²) in [6.45, 7) is 5.47. The van der Waals surface area contributed by atoms with Gasteiger partial charge in [-0.3, -0.25) is 4.72 Å². The van der Waals surface area contributed by atoms with E-state index in [1.54, 1.807) is 24.6 Å². The van der Waals surface area contributed by atoms with E-state index < -0.39 is 10.0 Å². The number of aromatic nitrogens is 2. The van der Waals surface area contributed by atoms with Crippen LogP contribution in [-0.4, -0.2) is 18.0 Å². The van der Waals surface area contributed by atoms with Crippen LogP contribution in [0.4, 0.5) is 11.4 Å². The number of aryl methyl sites for hydroxylation is 3. The Kier molecular flexibility index (Phi) is 3.47. The zero-order valence-electron chi connectivity index (χ0n) is 11.9. The van der Waals surface area contributed by atoms with E-state index in [0.717, 1.165) is 11.1 Å². The van der Waals surface area contributed by atoms with Gasteiger partial charge in [-0.05, 0) is 38.0 Å². The van der Waals surface area contributed by atoms with Gasteiger partial charge < -0.3 is 10.3 Å². The quantitative estimate of drug-likeness (QED) is 0.844. The molecule has 0 spiro atoms. The number of rotatable bonds is 3. The Hall–Kier alpha value is -2.02. The number of hydrogen-bond donors (Lipinski definition) is 2. The van der Waals surface area contributed by atoms with Gasteiger partial charge in [0.05, 0.1) is 11.4 Å². The lowest BCUT2D eigenvalue weighted by atomic mass is 10.1. The normalized spacial score (nSPS) is 11.6. The second-order valence-electron chi connectivity index (χ2n) is 4.81. The molecule has 1 heterocycles. The number of imidazole rings is 1. The summed E-state index contributed by atoms with van der Waals surface area (Å²) in [4.78, 5) is 4.03. The number of hydrogen-bond acceptors (Lipinski definition) is 4. The van der Waals surface area contributed by atoms with E-state index in [2.05, 4.69) is 9.71 Å². The molecule has 7 heteroatoms. The Balaban J connectivity index is 2.46. The average Bonchev–Trinajstić information content (AvgIpc) is 2.71. The predicted octanol–water partition coefficient (Wildman–Crippen LogP) is 1.73. The second kappa shape index (κ2) is 4.82. The van der Waals surface area contributed by atoms with Gasteiger partial charge in [0.2, 0.25) is 0 Å². The lowest BCUT2D eigenvalue weighted by molar-refractivity contribution is 0.598. The summed E-state index contributed by atoms with van der Waals surface area (Å²) in [5, 5.41) is -0.0159. The van der Waals surface area contributed by atoms with E-state index in [-0.39, 0.29) is 5.03 Å². The number of anilines is 2. The third kappa shape index (κ3) is 2.49. The summed E-state index contributed by atoms with van der Waals surface area (Å²) in [6.07, 6.45) is 1.47. The Morgan fingerprint density at radius 1 is 1.25 bits per heavy atom. The third-order valence-corrected chi connectivity index (χ3v) is 4.59. The maximum absolute atomic E-state index is 12.3. The molecule has 1 aromatic heterocycles. The largest absolute Gasteiger partial charge is 0.397 e. The first kappa shape index (κ1) is 14.4. The van der Waals surface area contributed by atoms with Crippen molar-refractivity contribution in [2.45, 2.75) is 25.8 Å². The number of benzene rings is 1. The van der Waals surface area contributed by atoms with Crippen LogP contribution in [0.1, 0.15) is 17.0 Å². The summed E-state index contributed by atoms with van der Waals surface area (Å²) >= 11 is 0. The van der Waals surface area contributed by atoms with Gasteiger partial charge >= 0.3 is 0 Å². The molecule has 2 rings (SSSR count). The molecule has 20 heavy (non-hydrogen) atoms. The number of nitrogens with one attached hydrogen (secondary N) is 1. The minimum Gasteiger partial charge on any atom is -0.397 e. The predicted molar refractivity (Wildman–Crippen MR) is 79.1 cm³/mol. The van der Waals surface area contributed by atoms with Crippen LogP contribution in [0.5, 0.6) is 0 Å². The third-order valence-electron chi connectivity index (χ3n) is 3.37. The van der Waals surface area contributed by atoms with Crippen LogP contribution in [0.3, 0.4) is 0 Å². The maximum Gasteiger partial charge on any atom is 0.281 e. The Labute approximate surface area is 118 Å². The lowest BCUT2D eigenvalue weighted by Crippen LogP contribution is -2.16. The SMILES string of the molecule is Cc1ccc(N)c(NS(=O)(=O)c2cn(C)c(C)n2)c1C. The van der Waals surface area contributed by atoms with Crippen molar-refractivity contribution in [3.63, 3.8) is 0 Å². The van der Waals surface area contributed by atoms with Crippen LogP contribution in [0, 0.1) is 20.8 Å². The van der Waals surface area contributed by atoms with Crippen molar-refractivity contribution in [1.29, 1.82) is 0 Å². The first-order chi connectivity index (χ1) is 9.22. The van der Waals surface area contributed by atoms with Crippen molar-refractivity contribution in [3.05, 3.63) is 35.3 Å². The fraction of sp³-hybridized carbons (Fsp3) is 0.308. The van der Waals surface area contributed by atoms with E-state index in [4.69, 9.17) is 5.73 Å². The minimum absolute atomic E-state index is 0.0159. The lowest BCUT2D eigenvalue weighted by Gasteiger charge is -2.13. The zero-order chi connectivity index (χ0) is 15.1. The Morgan fingerprint density at radius 2 is 1.90 bits per heavy atom. The van der Waals surface area contributed by atoms with Gasteiger partial charge in [-0.2, -0.15) is 8.42 Å². The van der Waals surface area contributed by atoms with Crippen molar-refractivity contribution >= 4 is 21.4 Å². The molecule has 0 aliphatic rings. The molecule has 6 nitrogen and oxygen atoms in total. The van der Waals surface area contributed by atoms with Crippen LogP contribution >= 0.6 is 0 Å². The monoisotopic (exact) mass is 294 g/mol. The highest BCUT2D eigenvalue weighted by Crippen LogP contribution is 2.28. The van der Waals surface area contributed by atoms with Crippen molar-refractivity contribution < 1.29 is 8.42 Å². The van der Waals surface area contributed by atoms with E-state index in [1.165, 1.54) is 6.20 Å². The number of nitrogens with two attached hydrogens (primary N) is 1.